The predicted octanol–water partition coefficient (Wildman–Crippen LogP) is 4.68. The number of aromatic nitrogens is 1. The highest BCUT2D eigenvalue weighted by molar-refractivity contribution is 7.89. The van der Waals surface area contributed by atoms with Gasteiger partial charge in [0.05, 0.1) is 18.0 Å². The van der Waals surface area contributed by atoms with E-state index in [4.69, 9.17) is 16.3 Å². The van der Waals surface area contributed by atoms with Crippen LogP contribution in [0.5, 0.6) is 5.75 Å². The van der Waals surface area contributed by atoms with E-state index in [0.29, 0.717) is 62.9 Å². The van der Waals surface area contributed by atoms with Gasteiger partial charge in [-0.05, 0) is 67.3 Å². The molecule has 0 spiro atoms. The van der Waals surface area contributed by atoms with Crippen LogP contribution in [0.1, 0.15) is 18.4 Å². The maximum atomic E-state index is 12.7. The molecule has 2 aromatic carbocycles. The summed E-state index contributed by atoms with van der Waals surface area (Å²) < 4.78 is 71.2. The van der Waals surface area contributed by atoms with Crippen LogP contribution < -0.4 is 9.46 Å². The third-order valence-corrected chi connectivity index (χ3v) is 8.25. The molecule has 1 aliphatic heterocycles. The predicted molar refractivity (Wildman–Crippen MR) is 142 cm³/mol. The second-order valence-electron chi connectivity index (χ2n) is 9.41. The number of rotatable bonds is 12. The van der Waals surface area contributed by atoms with Gasteiger partial charge in [-0.3, -0.25) is 4.90 Å². The van der Waals surface area contributed by atoms with E-state index in [0.717, 1.165) is 29.4 Å². The van der Waals surface area contributed by atoms with Crippen LogP contribution in [0, 0.1) is 0 Å². The highest BCUT2D eigenvalue weighted by Gasteiger charge is 2.32. The topological polar surface area (TPSA) is 77.7 Å². The van der Waals surface area contributed by atoms with Gasteiger partial charge < -0.3 is 14.6 Å². The molecule has 3 aromatic rings. The van der Waals surface area contributed by atoms with Crippen LogP contribution >= 0.6 is 11.6 Å². The first-order valence-corrected chi connectivity index (χ1v) is 14.4. The Morgan fingerprint density at radius 1 is 1.00 bits per heavy atom. The summed E-state index contributed by atoms with van der Waals surface area (Å²) in [6, 6.07) is 11.9. The first-order chi connectivity index (χ1) is 18.1. The van der Waals surface area contributed by atoms with Crippen molar-refractivity contribution in [1.29, 1.82) is 0 Å². The van der Waals surface area contributed by atoms with Crippen molar-refractivity contribution in [3.05, 3.63) is 59.2 Å². The minimum atomic E-state index is -4.16. The van der Waals surface area contributed by atoms with Gasteiger partial charge >= 0.3 is 6.18 Å². The first kappa shape index (κ1) is 28.7. The Labute approximate surface area is 225 Å². The summed E-state index contributed by atoms with van der Waals surface area (Å²) >= 11 is 6.09. The molecular formula is C26H32ClF3N4O3S. The molecule has 1 aromatic heterocycles. The van der Waals surface area contributed by atoms with E-state index in [9.17, 15) is 21.6 Å². The van der Waals surface area contributed by atoms with Crippen molar-refractivity contribution in [3.63, 3.8) is 0 Å². The van der Waals surface area contributed by atoms with Crippen LogP contribution in [0.2, 0.25) is 5.02 Å². The van der Waals surface area contributed by atoms with E-state index in [-0.39, 0.29) is 4.90 Å². The number of aryl methyl sites for hydroxylation is 1. The quantitative estimate of drug-likeness (QED) is 0.308. The Morgan fingerprint density at radius 2 is 1.71 bits per heavy atom. The van der Waals surface area contributed by atoms with Crippen molar-refractivity contribution < 1.29 is 26.3 Å². The van der Waals surface area contributed by atoms with Crippen LogP contribution in [-0.2, 0) is 16.4 Å². The van der Waals surface area contributed by atoms with Crippen molar-refractivity contribution in [3.8, 4) is 5.75 Å². The van der Waals surface area contributed by atoms with E-state index < -0.39 is 22.7 Å². The molecule has 0 aliphatic carbocycles. The molecule has 0 amide bonds. The standard InChI is InChI=1S/C26H32ClF3N4O3S/c27-21-4-9-25-24(17-21)20(18-31-25)3-1-10-32-38(35,36)23-7-5-22(6-8-23)37-16-2-11-33-12-14-34(15-13-33)19-26(28,29)30/h4-9,17-18,31-32H,1-3,10-16,19H2. The number of H-pyrrole nitrogens is 1. The summed E-state index contributed by atoms with van der Waals surface area (Å²) in [7, 11) is -3.64. The average Bonchev–Trinajstić information content (AvgIpc) is 3.27. The number of benzene rings is 2. The molecule has 0 atom stereocenters. The Kier molecular flexibility index (Phi) is 9.59. The van der Waals surface area contributed by atoms with E-state index in [1.807, 2.05) is 24.4 Å². The van der Waals surface area contributed by atoms with Crippen LogP contribution in [0.15, 0.2) is 53.6 Å². The lowest BCUT2D eigenvalue weighted by atomic mass is 10.1. The summed E-state index contributed by atoms with van der Waals surface area (Å²) in [5.74, 6) is 0.567. The molecule has 0 bridgehead atoms. The number of nitrogens with zero attached hydrogens (tertiary/aromatic N) is 2. The van der Waals surface area contributed by atoms with Gasteiger partial charge in [-0.15, -0.1) is 0 Å². The lowest BCUT2D eigenvalue weighted by Crippen LogP contribution is -2.49. The number of aromatic amines is 1. The molecule has 1 aliphatic rings. The molecule has 0 saturated carbocycles. The smallest absolute Gasteiger partial charge is 0.401 e. The molecular weight excluding hydrogens is 541 g/mol. The second-order valence-corrected chi connectivity index (χ2v) is 11.6. The van der Waals surface area contributed by atoms with Crippen molar-refractivity contribution in [2.24, 2.45) is 0 Å². The van der Waals surface area contributed by atoms with Gasteiger partial charge in [-0.2, -0.15) is 13.2 Å². The molecule has 38 heavy (non-hydrogen) atoms. The zero-order chi connectivity index (χ0) is 27.2. The number of nitrogens with one attached hydrogen (secondary N) is 2. The molecule has 208 valence electrons. The van der Waals surface area contributed by atoms with Gasteiger partial charge in [-0.25, -0.2) is 13.1 Å². The summed E-state index contributed by atoms with van der Waals surface area (Å²) in [6.07, 6.45) is -0.165. The Hall–Kier alpha value is -2.31. The zero-order valence-electron chi connectivity index (χ0n) is 20.9. The van der Waals surface area contributed by atoms with Crippen molar-refractivity contribution in [2.75, 3.05) is 52.4 Å². The summed E-state index contributed by atoms with van der Waals surface area (Å²) in [4.78, 5) is 6.92. The van der Waals surface area contributed by atoms with Crippen molar-refractivity contribution >= 4 is 32.5 Å². The Balaban J connectivity index is 1.14. The number of hydrogen-bond donors (Lipinski definition) is 2. The highest BCUT2D eigenvalue weighted by Crippen LogP contribution is 2.23. The molecule has 4 rings (SSSR count). The van der Waals surface area contributed by atoms with E-state index in [1.54, 1.807) is 12.1 Å². The lowest BCUT2D eigenvalue weighted by Gasteiger charge is -2.34. The maximum Gasteiger partial charge on any atom is 0.401 e. The minimum Gasteiger partial charge on any atom is -0.494 e. The third-order valence-electron chi connectivity index (χ3n) is 6.53. The van der Waals surface area contributed by atoms with Gasteiger partial charge in [0.2, 0.25) is 10.0 Å². The van der Waals surface area contributed by atoms with E-state index in [1.165, 1.54) is 17.0 Å². The number of fused-ring (bicyclic) bond motifs is 1. The molecule has 1 fully saturated rings. The maximum absolute atomic E-state index is 12.7. The minimum absolute atomic E-state index is 0.167. The molecule has 12 heteroatoms. The largest absolute Gasteiger partial charge is 0.494 e. The monoisotopic (exact) mass is 572 g/mol. The normalized spacial score (nSPS) is 15.8. The molecule has 2 heterocycles. The molecule has 0 radical (unpaired) electrons. The van der Waals surface area contributed by atoms with Gasteiger partial charge in [0, 0.05) is 61.4 Å². The summed E-state index contributed by atoms with van der Waals surface area (Å²) in [6.45, 7) is 2.64. The van der Waals surface area contributed by atoms with Gasteiger partial charge in [0.1, 0.15) is 5.75 Å². The fourth-order valence-corrected chi connectivity index (χ4v) is 5.79. The van der Waals surface area contributed by atoms with Gasteiger partial charge in [0.15, 0.2) is 0 Å². The second kappa shape index (κ2) is 12.7. The molecule has 0 unspecified atom stereocenters. The van der Waals surface area contributed by atoms with Gasteiger partial charge in [0.25, 0.3) is 0 Å². The lowest BCUT2D eigenvalue weighted by molar-refractivity contribution is -0.149. The fourth-order valence-electron chi connectivity index (χ4n) is 4.54. The third kappa shape index (κ3) is 8.34. The Bertz CT molecular complexity index is 1290. The van der Waals surface area contributed by atoms with E-state index in [2.05, 4.69) is 14.6 Å². The van der Waals surface area contributed by atoms with Crippen LogP contribution in [0.25, 0.3) is 10.9 Å². The Morgan fingerprint density at radius 3 is 2.42 bits per heavy atom. The fraction of sp³-hybridized carbons (Fsp3) is 0.462. The molecule has 7 nitrogen and oxygen atoms in total. The van der Waals surface area contributed by atoms with E-state index >= 15 is 0 Å². The van der Waals surface area contributed by atoms with Crippen LogP contribution in [0.3, 0.4) is 0 Å². The number of hydrogen-bond acceptors (Lipinski definition) is 5. The van der Waals surface area contributed by atoms with Crippen LogP contribution in [0.4, 0.5) is 13.2 Å². The number of piperazine rings is 1. The summed E-state index contributed by atoms with van der Waals surface area (Å²) in [5, 5.41) is 1.70. The number of halogens is 4. The highest BCUT2D eigenvalue weighted by atomic mass is 35.5. The number of ether oxygens (including phenoxy) is 1. The SMILES string of the molecule is O=S(=O)(NCCCc1c[nH]c2ccc(Cl)cc12)c1ccc(OCCCN2CCN(CC(F)(F)F)CC2)cc1. The molecule has 2 N–H and O–H groups in total. The number of sulfonamides is 1. The van der Waals surface area contributed by atoms with Crippen molar-refractivity contribution in [2.45, 2.75) is 30.3 Å². The van der Waals surface area contributed by atoms with Crippen molar-refractivity contribution in [1.82, 2.24) is 19.5 Å². The summed E-state index contributed by atoms with van der Waals surface area (Å²) in [5.41, 5.74) is 2.09. The zero-order valence-corrected chi connectivity index (χ0v) is 22.5. The average molecular weight is 573 g/mol. The van der Waals surface area contributed by atoms with Crippen LogP contribution in [-0.4, -0.2) is 81.8 Å². The first-order valence-electron chi connectivity index (χ1n) is 12.6. The van der Waals surface area contributed by atoms with Gasteiger partial charge in [-0.1, -0.05) is 11.6 Å². The number of alkyl halides is 3. The molecule has 1 saturated heterocycles.